The van der Waals surface area contributed by atoms with Crippen LogP contribution < -0.4 is 5.32 Å². The minimum Gasteiger partial charge on any atom is -0.465 e. The number of ether oxygens (including phenoxy) is 4. The Morgan fingerprint density at radius 3 is 2.22 bits per heavy atom. The lowest BCUT2D eigenvalue weighted by molar-refractivity contribution is -0.142. The molecule has 0 saturated carbocycles. The fourth-order valence-electron chi connectivity index (χ4n) is 3.16. The van der Waals surface area contributed by atoms with Crippen molar-refractivity contribution in [1.82, 2.24) is 0 Å². The van der Waals surface area contributed by atoms with Crippen molar-refractivity contribution >= 4 is 35.5 Å². The number of benzene rings is 2. The number of hydrogen-bond donors (Lipinski definition) is 1. The summed E-state index contributed by atoms with van der Waals surface area (Å²) in [5, 5.41) is 2.68. The molecule has 0 unspecified atom stereocenters. The molecular weight excluding hydrogens is 480 g/mol. The summed E-state index contributed by atoms with van der Waals surface area (Å²) in [6, 6.07) is 12.3. The highest BCUT2D eigenvalue weighted by Crippen LogP contribution is 2.24. The zero-order valence-electron chi connectivity index (χ0n) is 21.9. The van der Waals surface area contributed by atoms with Crippen LogP contribution >= 0.6 is 0 Å². The van der Waals surface area contributed by atoms with Gasteiger partial charge in [-0.2, -0.15) is 4.99 Å². The molecule has 10 heteroatoms. The van der Waals surface area contributed by atoms with E-state index in [0.717, 1.165) is 5.56 Å². The van der Waals surface area contributed by atoms with E-state index in [2.05, 4.69) is 10.3 Å². The molecule has 2 rings (SSSR count). The first-order chi connectivity index (χ1) is 17.4. The SMILES string of the molecule is COC(=O)C(Cc1cc(C)c(NC(=O)OC(C)(C)C)cc1COC(C)=O)=NC(=O)OCc1ccccc1. The Morgan fingerprint density at radius 1 is 0.946 bits per heavy atom. The van der Waals surface area contributed by atoms with E-state index in [4.69, 9.17) is 18.9 Å². The zero-order valence-corrected chi connectivity index (χ0v) is 21.9. The van der Waals surface area contributed by atoms with Crippen molar-refractivity contribution in [3.63, 3.8) is 0 Å². The Labute approximate surface area is 216 Å². The van der Waals surface area contributed by atoms with Gasteiger partial charge in [-0.25, -0.2) is 14.4 Å². The molecule has 0 bridgehead atoms. The Kier molecular flexibility index (Phi) is 10.4. The summed E-state index contributed by atoms with van der Waals surface area (Å²) >= 11 is 0. The van der Waals surface area contributed by atoms with Gasteiger partial charge in [0.1, 0.15) is 24.5 Å². The van der Waals surface area contributed by atoms with Gasteiger partial charge >= 0.3 is 24.1 Å². The van der Waals surface area contributed by atoms with Crippen molar-refractivity contribution in [2.24, 2.45) is 4.99 Å². The normalized spacial score (nSPS) is 11.4. The van der Waals surface area contributed by atoms with Crippen molar-refractivity contribution in [3.8, 4) is 0 Å². The summed E-state index contributed by atoms with van der Waals surface area (Å²) in [6.45, 7) is 8.08. The fourth-order valence-corrected chi connectivity index (χ4v) is 3.16. The van der Waals surface area contributed by atoms with E-state index in [9.17, 15) is 19.2 Å². The molecule has 0 fully saturated rings. The van der Waals surface area contributed by atoms with Crippen LogP contribution in [0.25, 0.3) is 0 Å². The van der Waals surface area contributed by atoms with Crippen LogP contribution in [0.3, 0.4) is 0 Å². The van der Waals surface area contributed by atoms with Gasteiger partial charge < -0.3 is 18.9 Å². The lowest BCUT2D eigenvalue weighted by Gasteiger charge is -2.21. The maximum Gasteiger partial charge on any atom is 0.434 e. The van der Waals surface area contributed by atoms with E-state index in [1.165, 1.54) is 14.0 Å². The average Bonchev–Trinajstić information content (AvgIpc) is 2.82. The van der Waals surface area contributed by atoms with Crippen molar-refractivity contribution in [2.75, 3.05) is 12.4 Å². The highest BCUT2D eigenvalue weighted by atomic mass is 16.6. The summed E-state index contributed by atoms with van der Waals surface area (Å²) in [5.74, 6) is -1.33. The third kappa shape index (κ3) is 10.1. The second-order valence-corrected chi connectivity index (χ2v) is 9.11. The van der Waals surface area contributed by atoms with Gasteiger partial charge in [0.05, 0.1) is 7.11 Å². The van der Waals surface area contributed by atoms with E-state index < -0.39 is 29.7 Å². The number of carbonyl (C=O) groups excluding carboxylic acids is 4. The number of hydrogen-bond acceptors (Lipinski definition) is 8. The number of rotatable bonds is 8. The molecule has 0 heterocycles. The molecule has 0 aliphatic carbocycles. The van der Waals surface area contributed by atoms with Crippen molar-refractivity contribution < 1.29 is 38.1 Å². The highest BCUT2D eigenvalue weighted by Gasteiger charge is 2.21. The minimum atomic E-state index is -0.953. The minimum absolute atomic E-state index is 0.0144. The van der Waals surface area contributed by atoms with Crippen molar-refractivity contribution in [3.05, 3.63) is 64.7 Å². The lowest BCUT2D eigenvalue weighted by Crippen LogP contribution is -2.27. The first-order valence-electron chi connectivity index (χ1n) is 11.5. The third-order valence-corrected chi connectivity index (χ3v) is 4.82. The van der Waals surface area contributed by atoms with Gasteiger partial charge in [-0.15, -0.1) is 0 Å². The van der Waals surface area contributed by atoms with Crippen molar-refractivity contribution in [2.45, 2.75) is 59.9 Å². The number of esters is 2. The molecule has 0 aliphatic rings. The van der Waals surface area contributed by atoms with Gasteiger partial charge in [-0.3, -0.25) is 10.1 Å². The summed E-state index contributed by atoms with van der Waals surface area (Å²) in [7, 11) is 1.17. The summed E-state index contributed by atoms with van der Waals surface area (Å²) < 4.78 is 20.4. The van der Waals surface area contributed by atoms with Crippen LogP contribution in [0.2, 0.25) is 0 Å². The fraction of sp³-hybridized carbons (Fsp3) is 0.370. The zero-order chi connectivity index (χ0) is 27.6. The molecule has 0 atom stereocenters. The largest absolute Gasteiger partial charge is 0.465 e. The van der Waals surface area contributed by atoms with Gasteiger partial charge in [-0.1, -0.05) is 36.4 Å². The number of anilines is 1. The Hall–Kier alpha value is -4.21. The van der Waals surface area contributed by atoms with Crippen LogP contribution in [-0.4, -0.2) is 42.5 Å². The first-order valence-corrected chi connectivity index (χ1v) is 11.5. The molecular formula is C27H32N2O8. The van der Waals surface area contributed by atoms with Crippen LogP contribution in [0.15, 0.2) is 47.5 Å². The van der Waals surface area contributed by atoms with Gasteiger partial charge in [0.2, 0.25) is 0 Å². The molecule has 2 aromatic carbocycles. The number of methoxy groups -OCH3 is 1. The standard InChI is InChI=1S/C27H32N2O8/c1-17-12-20(21(16-35-18(2)30)14-22(17)28-26(33)37-27(3,4)5)13-23(24(31)34-6)29-25(32)36-15-19-10-8-7-9-11-19/h7-12,14H,13,15-16H2,1-6H3,(H,28,33). The number of carbonyl (C=O) groups is 4. The number of aryl methyl sites for hydroxylation is 1. The van der Waals surface area contributed by atoms with Crippen LogP contribution in [0.1, 0.15) is 49.9 Å². The number of nitrogens with one attached hydrogen (secondary N) is 1. The Balaban J connectivity index is 2.33. The monoisotopic (exact) mass is 512 g/mol. The quantitative estimate of drug-likeness (QED) is 0.300. The molecule has 0 radical (unpaired) electrons. The summed E-state index contributed by atoms with van der Waals surface area (Å²) in [4.78, 5) is 52.3. The third-order valence-electron chi connectivity index (χ3n) is 4.82. The smallest absolute Gasteiger partial charge is 0.434 e. The second kappa shape index (κ2) is 13.2. The van der Waals surface area contributed by atoms with Crippen LogP contribution in [0.5, 0.6) is 0 Å². The van der Waals surface area contributed by atoms with E-state index in [-0.39, 0.29) is 25.3 Å². The van der Waals surface area contributed by atoms with E-state index in [0.29, 0.717) is 22.4 Å². The maximum absolute atomic E-state index is 12.4. The van der Waals surface area contributed by atoms with Crippen molar-refractivity contribution in [1.29, 1.82) is 0 Å². The lowest BCUT2D eigenvalue weighted by atomic mass is 9.98. The van der Waals surface area contributed by atoms with Crippen LogP contribution in [0.4, 0.5) is 15.3 Å². The Bertz CT molecular complexity index is 1170. The van der Waals surface area contributed by atoms with Gasteiger partial charge in [0.25, 0.3) is 0 Å². The number of nitrogens with zero attached hydrogens (tertiary/aromatic N) is 1. The first kappa shape index (κ1) is 29.0. The van der Waals surface area contributed by atoms with Crippen LogP contribution in [-0.2, 0) is 48.2 Å². The number of amides is 2. The summed E-state index contributed by atoms with van der Waals surface area (Å²) in [5.41, 5.74) is 1.96. The molecule has 37 heavy (non-hydrogen) atoms. The molecule has 2 amide bonds. The van der Waals surface area contributed by atoms with E-state index in [1.54, 1.807) is 64.1 Å². The maximum atomic E-state index is 12.4. The molecule has 0 spiro atoms. The molecule has 0 aromatic heterocycles. The molecule has 198 valence electrons. The van der Waals surface area contributed by atoms with E-state index in [1.807, 2.05) is 6.07 Å². The topological polar surface area (TPSA) is 130 Å². The Morgan fingerprint density at radius 2 is 1.62 bits per heavy atom. The predicted octanol–water partition coefficient (Wildman–Crippen LogP) is 4.90. The highest BCUT2D eigenvalue weighted by molar-refractivity contribution is 6.38. The van der Waals surface area contributed by atoms with Gasteiger partial charge in [-0.05, 0) is 56.0 Å². The van der Waals surface area contributed by atoms with Gasteiger partial charge in [0.15, 0.2) is 0 Å². The molecule has 1 N–H and O–H groups in total. The molecule has 0 aliphatic heterocycles. The summed E-state index contributed by atoms with van der Waals surface area (Å²) in [6.07, 6.45) is -1.72. The molecule has 0 saturated heterocycles. The molecule has 2 aromatic rings. The molecule has 10 nitrogen and oxygen atoms in total. The second-order valence-electron chi connectivity index (χ2n) is 9.11. The van der Waals surface area contributed by atoms with Gasteiger partial charge in [0, 0.05) is 19.0 Å². The van der Waals surface area contributed by atoms with Crippen LogP contribution in [0, 0.1) is 6.92 Å². The predicted molar refractivity (Wildman–Crippen MR) is 136 cm³/mol. The van der Waals surface area contributed by atoms with E-state index >= 15 is 0 Å². The average molecular weight is 513 g/mol. The number of aliphatic imine (C=N–C) groups is 1.